The van der Waals surface area contributed by atoms with Crippen LogP contribution in [0.25, 0.3) is 10.1 Å². The highest BCUT2D eigenvalue weighted by atomic mass is 32.1. The van der Waals surface area contributed by atoms with Gasteiger partial charge >= 0.3 is 0 Å². The first kappa shape index (κ1) is 12.6. The zero-order valence-corrected chi connectivity index (χ0v) is 12.2. The van der Waals surface area contributed by atoms with Gasteiger partial charge in [-0.15, -0.1) is 11.3 Å². The lowest BCUT2D eigenvalue weighted by Gasteiger charge is -2.08. The van der Waals surface area contributed by atoms with E-state index in [2.05, 4.69) is 45.1 Å². The summed E-state index contributed by atoms with van der Waals surface area (Å²) in [5.74, 6) is 0.591. The molecule has 0 bridgehead atoms. The van der Waals surface area contributed by atoms with Crippen LogP contribution in [0.3, 0.4) is 0 Å². The molecule has 0 spiro atoms. The fraction of sp³-hybridized carbons (Fsp3) is 0.467. The summed E-state index contributed by atoms with van der Waals surface area (Å²) in [5.41, 5.74) is 4.31. The van der Waals surface area contributed by atoms with Gasteiger partial charge in [0.15, 0.2) is 0 Å². The Hall–Kier alpha value is -0.860. The Labute approximate surface area is 108 Å². The van der Waals surface area contributed by atoms with Gasteiger partial charge in [-0.25, -0.2) is 0 Å². The number of hydrogen-bond acceptors (Lipinski definition) is 2. The van der Waals surface area contributed by atoms with Crippen molar-refractivity contribution in [3.05, 3.63) is 33.7 Å². The minimum atomic E-state index is 0.591. The zero-order valence-electron chi connectivity index (χ0n) is 11.3. The van der Waals surface area contributed by atoms with E-state index in [-0.39, 0.29) is 0 Å². The Morgan fingerprint density at radius 1 is 1.24 bits per heavy atom. The highest BCUT2D eigenvalue weighted by molar-refractivity contribution is 7.19. The van der Waals surface area contributed by atoms with Crippen molar-refractivity contribution in [3.63, 3.8) is 0 Å². The fourth-order valence-corrected chi connectivity index (χ4v) is 3.96. The molecule has 0 amide bonds. The quantitative estimate of drug-likeness (QED) is 0.849. The standard InChI is InChI=1S/C15H21NS/c1-9(2)14-12-7-10(3)6-11(4)15(12)17-13(14)8-16-5/h6-7,9,16H,8H2,1-5H3. The van der Waals surface area contributed by atoms with E-state index >= 15 is 0 Å². The maximum atomic E-state index is 3.28. The molecule has 92 valence electrons. The van der Waals surface area contributed by atoms with Gasteiger partial charge in [-0.05, 0) is 43.3 Å². The molecule has 0 saturated carbocycles. The van der Waals surface area contributed by atoms with Crippen molar-refractivity contribution in [2.75, 3.05) is 7.05 Å². The van der Waals surface area contributed by atoms with Crippen LogP contribution < -0.4 is 5.32 Å². The molecule has 0 unspecified atom stereocenters. The highest BCUT2D eigenvalue weighted by Crippen LogP contribution is 2.38. The first-order valence-electron chi connectivity index (χ1n) is 6.21. The molecule has 2 rings (SSSR count). The molecule has 0 aliphatic carbocycles. The third-order valence-electron chi connectivity index (χ3n) is 3.15. The van der Waals surface area contributed by atoms with E-state index < -0.39 is 0 Å². The van der Waals surface area contributed by atoms with Crippen LogP contribution >= 0.6 is 11.3 Å². The first-order chi connectivity index (χ1) is 8.04. The Morgan fingerprint density at radius 2 is 1.94 bits per heavy atom. The van der Waals surface area contributed by atoms with Crippen LogP contribution in [0, 0.1) is 13.8 Å². The summed E-state index contributed by atoms with van der Waals surface area (Å²) in [6, 6.07) is 4.62. The minimum Gasteiger partial charge on any atom is -0.315 e. The van der Waals surface area contributed by atoms with Gasteiger partial charge in [0.1, 0.15) is 0 Å². The second kappa shape index (κ2) is 4.79. The zero-order chi connectivity index (χ0) is 12.6. The third kappa shape index (κ3) is 2.24. The Bertz CT molecular complexity index is 537. The summed E-state index contributed by atoms with van der Waals surface area (Å²) in [4.78, 5) is 1.49. The number of nitrogens with one attached hydrogen (secondary N) is 1. The van der Waals surface area contributed by atoms with Gasteiger partial charge in [0, 0.05) is 16.1 Å². The lowest BCUT2D eigenvalue weighted by Crippen LogP contribution is -2.05. The van der Waals surface area contributed by atoms with E-state index in [4.69, 9.17) is 0 Å². The van der Waals surface area contributed by atoms with Crippen LogP contribution in [0.1, 0.15) is 41.3 Å². The normalized spacial score (nSPS) is 11.6. The van der Waals surface area contributed by atoms with Crippen molar-refractivity contribution in [2.24, 2.45) is 0 Å². The van der Waals surface area contributed by atoms with Crippen LogP contribution in [0.15, 0.2) is 12.1 Å². The number of benzene rings is 1. The number of fused-ring (bicyclic) bond motifs is 1. The Morgan fingerprint density at radius 3 is 2.53 bits per heavy atom. The van der Waals surface area contributed by atoms with E-state index in [1.165, 1.54) is 31.7 Å². The van der Waals surface area contributed by atoms with Gasteiger partial charge in [-0.2, -0.15) is 0 Å². The second-order valence-corrected chi connectivity index (χ2v) is 6.19. The molecule has 1 N–H and O–H groups in total. The largest absolute Gasteiger partial charge is 0.315 e. The third-order valence-corrected chi connectivity index (χ3v) is 4.51. The molecule has 17 heavy (non-hydrogen) atoms. The topological polar surface area (TPSA) is 12.0 Å². The van der Waals surface area contributed by atoms with E-state index in [0.29, 0.717) is 5.92 Å². The fourth-order valence-electron chi connectivity index (χ4n) is 2.54. The van der Waals surface area contributed by atoms with E-state index in [9.17, 15) is 0 Å². The second-order valence-electron chi connectivity index (χ2n) is 5.08. The van der Waals surface area contributed by atoms with Crippen LogP contribution in [-0.4, -0.2) is 7.05 Å². The van der Waals surface area contributed by atoms with Crippen LogP contribution in [0.5, 0.6) is 0 Å². The molecular weight excluding hydrogens is 226 g/mol. The van der Waals surface area contributed by atoms with Crippen molar-refractivity contribution in [2.45, 2.75) is 40.2 Å². The summed E-state index contributed by atoms with van der Waals surface area (Å²) < 4.78 is 1.46. The van der Waals surface area contributed by atoms with E-state index in [1.54, 1.807) is 0 Å². The van der Waals surface area contributed by atoms with Crippen LogP contribution in [0.4, 0.5) is 0 Å². The van der Waals surface area contributed by atoms with E-state index in [1.807, 2.05) is 18.4 Å². The van der Waals surface area contributed by atoms with E-state index in [0.717, 1.165) is 6.54 Å². The molecular formula is C15H21NS. The average molecular weight is 247 g/mol. The van der Waals surface area contributed by atoms with Crippen molar-refractivity contribution in [1.82, 2.24) is 5.32 Å². The summed E-state index contributed by atoms with van der Waals surface area (Å²) >= 11 is 1.95. The van der Waals surface area contributed by atoms with Gasteiger partial charge in [0.05, 0.1) is 0 Å². The number of rotatable bonds is 3. The molecule has 1 aromatic heterocycles. The molecule has 1 aromatic carbocycles. The monoisotopic (exact) mass is 247 g/mol. The molecule has 2 heteroatoms. The maximum absolute atomic E-state index is 3.28. The predicted octanol–water partition coefficient (Wildman–Crippen LogP) is 4.36. The Balaban J connectivity index is 2.75. The maximum Gasteiger partial charge on any atom is 0.0378 e. The molecule has 0 radical (unpaired) electrons. The highest BCUT2D eigenvalue weighted by Gasteiger charge is 2.15. The molecule has 0 atom stereocenters. The minimum absolute atomic E-state index is 0.591. The van der Waals surface area contributed by atoms with Crippen molar-refractivity contribution < 1.29 is 0 Å². The molecule has 0 aliphatic rings. The number of hydrogen-bond donors (Lipinski definition) is 1. The average Bonchev–Trinajstić information content (AvgIpc) is 2.57. The molecule has 0 aliphatic heterocycles. The number of thiophene rings is 1. The predicted molar refractivity (Wildman–Crippen MR) is 78.2 cm³/mol. The van der Waals surface area contributed by atoms with Crippen LogP contribution in [0.2, 0.25) is 0 Å². The molecule has 2 aromatic rings. The molecule has 1 nitrogen and oxygen atoms in total. The van der Waals surface area contributed by atoms with Crippen molar-refractivity contribution in [1.29, 1.82) is 0 Å². The summed E-state index contributed by atoms with van der Waals surface area (Å²) in [7, 11) is 2.02. The lowest BCUT2D eigenvalue weighted by atomic mass is 9.97. The summed E-state index contributed by atoms with van der Waals surface area (Å²) in [6.07, 6.45) is 0. The number of aryl methyl sites for hydroxylation is 2. The van der Waals surface area contributed by atoms with Gasteiger partial charge in [-0.3, -0.25) is 0 Å². The molecule has 0 fully saturated rings. The lowest BCUT2D eigenvalue weighted by molar-refractivity contribution is 0.795. The first-order valence-corrected chi connectivity index (χ1v) is 7.03. The van der Waals surface area contributed by atoms with Gasteiger partial charge in [-0.1, -0.05) is 31.5 Å². The van der Waals surface area contributed by atoms with Gasteiger partial charge < -0.3 is 5.32 Å². The summed E-state index contributed by atoms with van der Waals surface area (Å²) in [6.45, 7) is 9.97. The molecule has 0 saturated heterocycles. The smallest absolute Gasteiger partial charge is 0.0378 e. The van der Waals surface area contributed by atoms with Crippen LogP contribution in [-0.2, 0) is 6.54 Å². The summed E-state index contributed by atoms with van der Waals surface area (Å²) in [5, 5.41) is 4.75. The SMILES string of the molecule is CNCc1sc2c(C)cc(C)cc2c1C(C)C. The molecule has 1 heterocycles. The van der Waals surface area contributed by atoms with Gasteiger partial charge in [0.2, 0.25) is 0 Å². The Kier molecular flexibility index (Phi) is 3.55. The van der Waals surface area contributed by atoms with Gasteiger partial charge in [0.25, 0.3) is 0 Å². The van der Waals surface area contributed by atoms with Crippen molar-refractivity contribution in [3.8, 4) is 0 Å². The van der Waals surface area contributed by atoms with Crippen molar-refractivity contribution >= 4 is 21.4 Å².